The number of carbonyl (C=O) groups excluding carboxylic acids is 1. The molecule has 4 heteroatoms. The third kappa shape index (κ3) is 2.45. The van der Waals surface area contributed by atoms with Gasteiger partial charge in [0.2, 0.25) is 0 Å². The molecule has 1 aliphatic heterocycles. The quantitative estimate of drug-likeness (QED) is 0.693. The Morgan fingerprint density at radius 1 is 1.60 bits per heavy atom. The molecule has 1 atom stereocenters. The maximum absolute atomic E-state index is 10.9. The molecule has 0 aliphatic carbocycles. The lowest BCUT2D eigenvalue weighted by atomic mass is 10.0. The number of likely N-dealkylation sites (tertiary alicyclic amines) is 1. The molecule has 1 fully saturated rings. The molecular formula is C11H17N3O. The van der Waals surface area contributed by atoms with Gasteiger partial charge in [-0.25, -0.2) is 0 Å². The van der Waals surface area contributed by atoms with E-state index in [2.05, 4.69) is 10.00 Å². The van der Waals surface area contributed by atoms with Crippen molar-refractivity contribution >= 4 is 6.29 Å². The normalized spacial score (nSPS) is 22.9. The molecule has 82 valence electrons. The Morgan fingerprint density at radius 3 is 3.13 bits per heavy atom. The predicted molar refractivity (Wildman–Crippen MR) is 57.3 cm³/mol. The van der Waals surface area contributed by atoms with Crippen molar-refractivity contribution < 1.29 is 4.79 Å². The predicted octanol–water partition coefficient (Wildman–Crippen LogP) is 0.974. The maximum Gasteiger partial charge on any atom is 0.137 e. The van der Waals surface area contributed by atoms with Crippen LogP contribution in [0.5, 0.6) is 0 Å². The lowest BCUT2D eigenvalue weighted by Gasteiger charge is -2.31. The number of rotatable bonds is 3. The van der Waals surface area contributed by atoms with Crippen LogP contribution >= 0.6 is 0 Å². The maximum atomic E-state index is 10.9. The number of hydrogen-bond acceptors (Lipinski definition) is 3. The van der Waals surface area contributed by atoms with Gasteiger partial charge in [-0.3, -0.25) is 9.58 Å². The highest BCUT2D eigenvalue weighted by atomic mass is 16.1. The van der Waals surface area contributed by atoms with Crippen molar-refractivity contribution in [2.24, 2.45) is 7.05 Å². The van der Waals surface area contributed by atoms with Gasteiger partial charge in [0.1, 0.15) is 6.29 Å². The Labute approximate surface area is 89.9 Å². The zero-order valence-electron chi connectivity index (χ0n) is 9.09. The van der Waals surface area contributed by atoms with Crippen molar-refractivity contribution in [3.63, 3.8) is 0 Å². The molecule has 15 heavy (non-hydrogen) atoms. The van der Waals surface area contributed by atoms with Gasteiger partial charge in [0.15, 0.2) is 0 Å². The molecule has 1 aliphatic rings. The van der Waals surface area contributed by atoms with E-state index in [4.69, 9.17) is 0 Å². The van der Waals surface area contributed by atoms with Crippen molar-refractivity contribution in [3.8, 4) is 0 Å². The lowest BCUT2D eigenvalue weighted by Crippen LogP contribution is -2.39. The molecular weight excluding hydrogens is 190 g/mol. The molecule has 1 aromatic heterocycles. The summed E-state index contributed by atoms with van der Waals surface area (Å²) in [5.41, 5.74) is 1.19. The summed E-state index contributed by atoms with van der Waals surface area (Å²) in [6, 6.07) is 0.110. The van der Waals surface area contributed by atoms with E-state index in [1.54, 1.807) is 4.68 Å². The monoisotopic (exact) mass is 207 g/mol. The zero-order chi connectivity index (χ0) is 10.7. The van der Waals surface area contributed by atoms with Crippen molar-refractivity contribution in [2.45, 2.75) is 31.8 Å². The van der Waals surface area contributed by atoms with Crippen molar-refractivity contribution in [2.75, 3.05) is 6.54 Å². The van der Waals surface area contributed by atoms with E-state index >= 15 is 0 Å². The van der Waals surface area contributed by atoms with Crippen molar-refractivity contribution in [1.29, 1.82) is 0 Å². The van der Waals surface area contributed by atoms with E-state index in [0.29, 0.717) is 0 Å². The molecule has 1 aromatic rings. The van der Waals surface area contributed by atoms with Crippen molar-refractivity contribution in [1.82, 2.24) is 14.7 Å². The van der Waals surface area contributed by atoms with Gasteiger partial charge in [-0.15, -0.1) is 0 Å². The molecule has 0 amide bonds. The van der Waals surface area contributed by atoms with E-state index in [1.165, 1.54) is 18.4 Å². The molecule has 1 saturated heterocycles. The number of aryl methyl sites for hydroxylation is 1. The van der Waals surface area contributed by atoms with E-state index in [9.17, 15) is 4.79 Å². The molecule has 0 saturated carbocycles. The summed E-state index contributed by atoms with van der Waals surface area (Å²) >= 11 is 0. The minimum Gasteiger partial charge on any atom is -0.302 e. The number of nitrogens with zero attached hydrogens (tertiary/aromatic N) is 3. The van der Waals surface area contributed by atoms with E-state index < -0.39 is 0 Å². The summed E-state index contributed by atoms with van der Waals surface area (Å²) < 4.78 is 1.80. The summed E-state index contributed by atoms with van der Waals surface area (Å²) in [4.78, 5) is 13.1. The van der Waals surface area contributed by atoms with Gasteiger partial charge in [-0.05, 0) is 19.4 Å². The molecule has 0 radical (unpaired) electrons. The number of aromatic nitrogens is 2. The van der Waals surface area contributed by atoms with Crippen LogP contribution in [0.1, 0.15) is 24.8 Å². The van der Waals surface area contributed by atoms with Crippen LogP contribution in [0.25, 0.3) is 0 Å². The Hall–Kier alpha value is -1.16. The van der Waals surface area contributed by atoms with E-state index in [-0.39, 0.29) is 6.04 Å². The number of hydrogen-bond donors (Lipinski definition) is 0. The molecule has 0 aromatic carbocycles. The number of carbonyl (C=O) groups is 1. The highest BCUT2D eigenvalue weighted by Crippen LogP contribution is 2.17. The second-order valence-corrected chi connectivity index (χ2v) is 4.19. The smallest absolute Gasteiger partial charge is 0.137 e. The van der Waals surface area contributed by atoms with Crippen LogP contribution in [0.15, 0.2) is 12.4 Å². The molecule has 0 N–H and O–H groups in total. The Balaban J connectivity index is 2.00. The highest BCUT2D eigenvalue weighted by Gasteiger charge is 2.21. The summed E-state index contributed by atoms with van der Waals surface area (Å²) in [5.74, 6) is 0. The van der Waals surface area contributed by atoms with Gasteiger partial charge in [0.25, 0.3) is 0 Å². The fourth-order valence-corrected chi connectivity index (χ4v) is 2.16. The third-order valence-corrected chi connectivity index (χ3v) is 2.97. The molecule has 0 spiro atoms. The van der Waals surface area contributed by atoms with Crippen LogP contribution in [0, 0.1) is 0 Å². The summed E-state index contributed by atoms with van der Waals surface area (Å²) in [5, 5.41) is 4.13. The van der Waals surface area contributed by atoms with Crippen LogP contribution in [0.2, 0.25) is 0 Å². The minimum atomic E-state index is 0.110. The first-order chi connectivity index (χ1) is 7.29. The highest BCUT2D eigenvalue weighted by molar-refractivity contribution is 5.57. The Morgan fingerprint density at radius 2 is 2.47 bits per heavy atom. The van der Waals surface area contributed by atoms with Crippen LogP contribution in [-0.2, 0) is 18.4 Å². The lowest BCUT2D eigenvalue weighted by molar-refractivity contribution is -0.113. The van der Waals surface area contributed by atoms with Gasteiger partial charge in [0, 0.05) is 25.4 Å². The number of piperidine rings is 1. The first kappa shape index (κ1) is 10.4. The first-order valence-electron chi connectivity index (χ1n) is 5.46. The van der Waals surface area contributed by atoms with Crippen LogP contribution in [-0.4, -0.2) is 33.6 Å². The van der Waals surface area contributed by atoms with Crippen LogP contribution < -0.4 is 0 Å². The third-order valence-electron chi connectivity index (χ3n) is 2.97. The minimum absolute atomic E-state index is 0.110. The average molecular weight is 207 g/mol. The van der Waals surface area contributed by atoms with Crippen LogP contribution in [0.3, 0.4) is 0 Å². The van der Waals surface area contributed by atoms with Gasteiger partial charge in [-0.2, -0.15) is 5.10 Å². The first-order valence-corrected chi connectivity index (χ1v) is 5.46. The Kier molecular flexibility index (Phi) is 3.16. The SMILES string of the molecule is Cn1cc(CN2CCCCC2C=O)cn1. The van der Waals surface area contributed by atoms with Gasteiger partial charge in [0.05, 0.1) is 12.2 Å². The molecule has 0 bridgehead atoms. The second kappa shape index (κ2) is 4.57. The summed E-state index contributed by atoms with van der Waals surface area (Å²) in [7, 11) is 1.91. The van der Waals surface area contributed by atoms with Gasteiger partial charge >= 0.3 is 0 Å². The fraction of sp³-hybridized carbons (Fsp3) is 0.636. The molecule has 2 heterocycles. The van der Waals surface area contributed by atoms with Crippen LogP contribution in [0.4, 0.5) is 0 Å². The Bertz CT molecular complexity index is 334. The fourth-order valence-electron chi connectivity index (χ4n) is 2.16. The van der Waals surface area contributed by atoms with Gasteiger partial charge < -0.3 is 4.79 Å². The van der Waals surface area contributed by atoms with E-state index in [1.807, 2.05) is 19.4 Å². The standard InChI is InChI=1S/C11H17N3O/c1-13-7-10(6-12-13)8-14-5-3-2-4-11(14)9-15/h6-7,9,11H,2-5,8H2,1H3. The second-order valence-electron chi connectivity index (χ2n) is 4.19. The molecule has 4 nitrogen and oxygen atoms in total. The molecule has 1 unspecified atom stereocenters. The summed E-state index contributed by atoms with van der Waals surface area (Å²) in [6.07, 6.45) is 8.34. The van der Waals surface area contributed by atoms with E-state index in [0.717, 1.165) is 25.8 Å². The largest absolute Gasteiger partial charge is 0.302 e. The van der Waals surface area contributed by atoms with Gasteiger partial charge in [-0.1, -0.05) is 6.42 Å². The summed E-state index contributed by atoms with van der Waals surface area (Å²) in [6.45, 7) is 1.87. The topological polar surface area (TPSA) is 38.1 Å². The molecule has 2 rings (SSSR count). The average Bonchev–Trinajstić information content (AvgIpc) is 2.65. The zero-order valence-corrected chi connectivity index (χ0v) is 9.09. The van der Waals surface area contributed by atoms with Crippen molar-refractivity contribution in [3.05, 3.63) is 18.0 Å². The number of aldehydes is 1.